The Morgan fingerprint density at radius 3 is 1.43 bits per heavy atom. The van der Waals surface area contributed by atoms with E-state index >= 15 is 0 Å². The zero-order valence-corrected chi connectivity index (χ0v) is 40.7. The molecular formula is C52H92NO7P. The summed E-state index contributed by atoms with van der Waals surface area (Å²) >= 11 is 0. The van der Waals surface area contributed by atoms with Gasteiger partial charge in [-0.2, -0.15) is 0 Å². The van der Waals surface area contributed by atoms with E-state index in [4.69, 9.17) is 18.5 Å². The first-order valence-corrected chi connectivity index (χ1v) is 25.8. The number of carbonyl (C=O) groups excluding carboxylic acids is 1. The second kappa shape index (κ2) is 44.3. The van der Waals surface area contributed by atoms with Gasteiger partial charge in [0.15, 0.2) is 0 Å². The molecular weight excluding hydrogens is 782 g/mol. The zero-order valence-electron chi connectivity index (χ0n) is 39.8. The van der Waals surface area contributed by atoms with Gasteiger partial charge in [0.1, 0.15) is 19.3 Å². The van der Waals surface area contributed by atoms with E-state index in [-0.39, 0.29) is 25.8 Å². The van der Waals surface area contributed by atoms with Crippen molar-refractivity contribution in [2.45, 2.75) is 187 Å². The molecule has 2 atom stereocenters. The Morgan fingerprint density at radius 1 is 0.525 bits per heavy atom. The van der Waals surface area contributed by atoms with Crippen LogP contribution in [0.15, 0.2) is 85.1 Å². The second-order valence-electron chi connectivity index (χ2n) is 17.1. The van der Waals surface area contributed by atoms with Crippen LogP contribution in [0.4, 0.5) is 0 Å². The topological polar surface area (TPSA) is 94.1 Å². The number of hydrogen-bond donors (Lipinski definition) is 0. The van der Waals surface area contributed by atoms with Gasteiger partial charge in [-0.3, -0.25) is 9.36 Å². The third kappa shape index (κ3) is 48.6. The Balaban J connectivity index is 4.13. The maximum absolute atomic E-state index is 12.7. The van der Waals surface area contributed by atoms with Crippen LogP contribution in [0.2, 0.25) is 0 Å². The number of likely N-dealkylation sites (N-methyl/N-ethyl adjacent to an activating group) is 1. The SMILES string of the molecule is CC/C=C\C/C=C\C/C=C\C/C=C\C/C=C\CCCCCCCCCCCCOCC(COP(=O)([O-])OCC[N+](C)(C)C)OC(=O)CCCCCCC/C=C\C/C=C\CCC. The first-order chi connectivity index (χ1) is 29.6. The molecule has 0 aliphatic carbocycles. The van der Waals surface area contributed by atoms with Gasteiger partial charge in [-0.15, -0.1) is 0 Å². The molecule has 9 heteroatoms. The summed E-state index contributed by atoms with van der Waals surface area (Å²) < 4.78 is 34.6. The molecule has 0 aromatic carbocycles. The van der Waals surface area contributed by atoms with Crippen LogP contribution >= 0.6 is 7.82 Å². The Bertz CT molecular complexity index is 1250. The van der Waals surface area contributed by atoms with Crippen LogP contribution in [0.25, 0.3) is 0 Å². The molecule has 0 radical (unpaired) electrons. The van der Waals surface area contributed by atoms with Crippen molar-refractivity contribution in [2.24, 2.45) is 0 Å². The van der Waals surface area contributed by atoms with Gasteiger partial charge < -0.3 is 27.9 Å². The van der Waals surface area contributed by atoms with Crippen LogP contribution in [0.5, 0.6) is 0 Å². The minimum atomic E-state index is -4.54. The fourth-order valence-electron chi connectivity index (χ4n) is 6.20. The van der Waals surface area contributed by atoms with Gasteiger partial charge in [-0.05, 0) is 83.5 Å². The van der Waals surface area contributed by atoms with Crippen molar-refractivity contribution in [3.8, 4) is 0 Å². The molecule has 352 valence electrons. The monoisotopic (exact) mass is 874 g/mol. The Morgan fingerprint density at radius 2 is 0.951 bits per heavy atom. The van der Waals surface area contributed by atoms with Crippen LogP contribution in [0, 0.1) is 0 Å². The highest BCUT2D eigenvalue weighted by Crippen LogP contribution is 2.38. The number of phosphoric ester groups is 1. The van der Waals surface area contributed by atoms with Crippen LogP contribution in [0.1, 0.15) is 181 Å². The lowest BCUT2D eigenvalue weighted by Crippen LogP contribution is -2.37. The average molecular weight is 874 g/mol. The van der Waals surface area contributed by atoms with Crippen molar-refractivity contribution < 1.29 is 37.3 Å². The van der Waals surface area contributed by atoms with Gasteiger partial charge in [-0.25, -0.2) is 0 Å². The zero-order chi connectivity index (χ0) is 44.8. The molecule has 0 aromatic rings. The summed E-state index contributed by atoms with van der Waals surface area (Å²) in [7, 11) is 1.33. The number of ether oxygens (including phenoxy) is 2. The Kier molecular flexibility index (Phi) is 42.6. The van der Waals surface area contributed by atoms with Crippen LogP contribution in [-0.4, -0.2) is 70.7 Å². The van der Waals surface area contributed by atoms with E-state index in [2.05, 4.69) is 98.9 Å². The van der Waals surface area contributed by atoms with E-state index in [1.807, 2.05) is 21.1 Å². The van der Waals surface area contributed by atoms with Gasteiger partial charge in [0.05, 0.1) is 34.4 Å². The smallest absolute Gasteiger partial charge is 0.306 e. The highest BCUT2D eigenvalue weighted by Gasteiger charge is 2.20. The Hall–Kier alpha value is -2.32. The third-order valence-electron chi connectivity index (χ3n) is 9.91. The number of hydrogen-bond acceptors (Lipinski definition) is 7. The molecule has 0 amide bonds. The van der Waals surface area contributed by atoms with Crippen LogP contribution in [-0.2, 0) is 27.9 Å². The maximum Gasteiger partial charge on any atom is 0.306 e. The number of esters is 1. The average Bonchev–Trinajstić information content (AvgIpc) is 3.22. The predicted molar refractivity (Wildman–Crippen MR) is 258 cm³/mol. The number of quaternary nitrogens is 1. The van der Waals surface area contributed by atoms with Crippen molar-refractivity contribution in [3.05, 3.63) is 85.1 Å². The third-order valence-corrected chi connectivity index (χ3v) is 10.9. The first kappa shape index (κ1) is 58.7. The summed E-state index contributed by atoms with van der Waals surface area (Å²) in [6.45, 7) is 5.19. The molecule has 0 fully saturated rings. The summed E-state index contributed by atoms with van der Waals surface area (Å²) in [5.41, 5.74) is 0. The van der Waals surface area contributed by atoms with E-state index in [1.54, 1.807) is 0 Å². The lowest BCUT2D eigenvalue weighted by Gasteiger charge is -2.28. The van der Waals surface area contributed by atoms with E-state index in [1.165, 1.54) is 64.2 Å². The molecule has 0 saturated heterocycles. The van der Waals surface area contributed by atoms with Crippen molar-refractivity contribution in [1.29, 1.82) is 0 Å². The maximum atomic E-state index is 12.7. The number of allylic oxidation sites excluding steroid dienone is 14. The van der Waals surface area contributed by atoms with Crippen molar-refractivity contribution in [2.75, 3.05) is 54.1 Å². The van der Waals surface area contributed by atoms with Crippen molar-refractivity contribution in [1.82, 2.24) is 0 Å². The molecule has 0 bridgehead atoms. The fraction of sp³-hybridized carbons (Fsp3) is 0.712. The molecule has 0 heterocycles. The predicted octanol–water partition coefficient (Wildman–Crippen LogP) is 14.2. The number of nitrogens with zero attached hydrogens (tertiary/aromatic N) is 1. The van der Waals surface area contributed by atoms with Crippen molar-refractivity contribution >= 4 is 13.8 Å². The number of phosphoric acid groups is 1. The van der Waals surface area contributed by atoms with E-state index < -0.39 is 13.9 Å². The second-order valence-corrected chi connectivity index (χ2v) is 18.5. The molecule has 0 aromatic heterocycles. The molecule has 0 N–H and O–H groups in total. The minimum absolute atomic E-state index is 0.0182. The molecule has 61 heavy (non-hydrogen) atoms. The molecule has 0 aliphatic heterocycles. The Labute approximate surface area is 375 Å². The summed E-state index contributed by atoms with van der Waals surface area (Å²) in [4.78, 5) is 25.1. The number of unbranched alkanes of at least 4 members (excludes halogenated alkanes) is 16. The summed E-state index contributed by atoms with van der Waals surface area (Å²) in [5.74, 6) is -0.353. The summed E-state index contributed by atoms with van der Waals surface area (Å²) in [6, 6.07) is 0. The quantitative estimate of drug-likeness (QED) is 0.0198. The van der Waals surface area contributed by atoms with Gasteiger partial charge in [-0.1, -0.05) is 176 Å². The normalized spacial score (nSPS) is 14.4. The molecule has 0 spiro atoms. The van der Waals surface area contributed by atoms with Gasteiger partial charge in [0.25, 0.3) is 7.82 Å². The number of carbonyl (C=O) groups is 1. The minimum Gasteiger partial charge on any atom is -0.756 e. The van der Waals surface area contributed by atoms with Gasteiger partial charge in [0, 0.05) is 13.0 Å². The van der Waals surface area contributed by atoms with E-state index in [0.29, 0.717) is 24.1 Å². The van der Waals surface area contributed by atoms with Crippen LogP contribution < -0.4 is 4.89 Å². The molecule has 8 nitrogen and oxygen atoms in total. The van der Waals surface area contributed by atoms with Gasteiger partial charge in [0.2, 0.25) is 0 Å². The largest absolute Gasteiger partial charge is 0.756 e. The molecule has 2 unspecified atom stereocenters. The number of rotatable bonds is 44. The summed E-state index contributed by atoms with van der Waals surface area (Å²) in [6.07, 6.45) is 58.9. The first-order valence-electron chi connectivity index (χ1n) is 24.3. The fourth-order valence-corrected chi connectivity index (χ4v) is 6.93. The van der Waals surface area contributed by atoms with Crippen molar-refractivity contribution in [3.63, 3.8) is 0 Å². The molecule has 0 aliphatic rings. The standard InChI is InChI=1S/C52H92NO7P/c1-6-8-10-12-14-16-18-20-21-22-23-24-25-26-27-28-29-30-31-32-34-36-38-40-42-44-47-57-49-51(50-59-61(55,56)58-48-46-53(3,4)5)60-52(54)45-43-41-39-37-35-33-19-17-15-13-11-9-7-2/h8,10-11,13-14,16-17,19-21,23-24,26-27,51H,6-7,9,12,15,18,22,25,28-50H2,1-5H3/b10-8-,13-11-,16-14-,19-17-,21-20-,24-23-,27-26-. The van der Waals surface area contributed by atoms with E-state index in [0.717, 1.165) is 96.3 Å². The van der Waals surface area contributed by atoms with Crippen LogP contribution in [0.3, 0.4) is 0 Å². The molecule has 0 rings (SSSR count). The lowest BCUT2D eigenvalue weighted by atomic mass is 10.1. The highest BCUT2D eigenvalue weighted by molar-refractivity contribution is 7.45. The highest BCUT2D eigenvalue weighted by atomic mass is 31.2. The van der Waals surface area contributed by atoms with Gasteiger partial charge >= 0.3 is 5.97 Å². The lowest BCUT2D eigenvalue weighted by molar-refractivity contribution is -0.870. The molecule has 0 saturated carbocycles. The van der Waals surface area contributed by atoms with E-state index in [9.17, 15) is 14.3 Å². The summed E-state index contributed by atoms with van der Waals surface area (Å²) in [5, 5.41) is 0.